The first-order valence-electron chi connectivity index (χ1n) is 8.96. The molecule has 1 fully saturated rings. The molecule has 0 aliphatic carbocycles. The summed E-state index contributed by atoms with van der Waals surface area (Å²) in [6.07, 6.45) is 5.59. The first-order chi connectivity index (χ1) is 13.7. The number of ether oxygens (including phenoxy) is 1. The number of hydrogen-bond acceptors (Lipinski definition) is 6. The van der Waals surface area contributed by atoms with Crippen molar-refractivity contribution in [1.29, 1.82) is 0 Å². The van der Waals surface area contributed by atoms with Gasteiger partial charge in [0, 0.05) is 29.6 Å². The number of hydrogen-bond donors (Lipinski definition) is 1. The lowest BCUT2D eigenvalue weighted by Crippen LogP contribution is -2.46. The van der Waals surface area contributed by atoms with Crippen molar-refractivity contribution in [3.8, 4) is 22.5 Å². The van der Waals surface area contributed by atoms with Crippen LogP contribution in [0.3, 0.4) is 0 Å². The van der Waals surface area contributed by atoms with E-state index in [9.17, 15) is 5.11 Å². The molecular formula is C22H18N2O3S. The molecule has 1 saturated heterocycles. The summed E-state index contributed by atoms with van der Waals surface area (Å²) >= 11 is 1.60. The van der Waals surface area contributed by atoms with Gasteiger partial charge in [0.2, 0.25) is 0 Å². The zero-order chi connectivity index (χ0) is 19.1. The molecule has 6 heteroatoms. The predicted molar refractivity (Wildman–Crippen MR) is 109 cm³/mol. The predicted octanol–water partition coefficient (Wildman–Crippen LogP) is 4.50. The Morgan fingerprint density at radius 1 is 1.04 bits per heavy atom. The van der Waals surface area contributed by atoms with Gasteiger partial charge >= 0.3 is 0 Å². The van der Waals surface area contributed by atoms with Gasteiger partial charge in [-0.2, -0.15) is 0 Å². The van der Waals surface area contributed by atoms with Gasteiger partial charge in [-0.3, -0.25) is 4.98 Å². The molecule has 1 aliphatic rings. The van der Waals surface area contributed by atoms with E-state index in [1.165, 1.54) is 0 Å². The van der Waals surface area contributed by atoms with Crippen LogP contribution >= 0.6 is 11.8 Å². The average molecular weight is 390 g/mol. The van der Waals surface area contributed by atoms with Gasteiger partial charge in [0.1, 0.15) is 16.9 Å². The number of furan rings is 1. The Morgan fingerprint density at radius 2 is 1.93 bits per heavy atom. The molecule has 1 N–H and O–H groups in total. The van der Waals surface area contributed by atoms with E-state index in [1.54, 1.807) is 18.0 Å². The Kier molecular flexibility index (Phi) is 4.19. The number of fused-ring (bicyclic) bond motifs is 1. The third kappa shape index (κ3) is 2.90. The molecule has 3 aromatic heterocycles. The Balaban J connectivity index is 1.59. The quantitative estimate of drug-likeness (QED) is 0.518. The first kappa shape index (κ1) is 17.4. The minimum atomic E-state index is -0.902. The second-order valence-corrected chi connectivity index (χ2v) is 7.70. The van der Waals surface area contributed by atoms with Crippen molar-refractivity contribution >= 4 is 22.9 Å². The van der Waals surface area contributed by atoms with E-state index in [0.29, 0.717) is 13.2 Å². The lowest BCUT2D eigenvalue weighted by Gasteiger charge is -2.36. The highest BCUT2D eigenvalue weighted by molar-refractivity contribution is 7.98. The maximum Gasteiger partial charge on any atom is 0.161 e. The monoisotopic (exact) mass is 390 g/mol. The number of aliphatic hydroxyl groups is 1. The number of benzene rings is 1. The van der Waals surface area contributed by atoms with E-state index < -0.39 is 5.60 Å². The van der Waals surface area contributed by atoms with Gasteiger partial charge in [0.15, 0.2) is 5.58 Å². The largest absolute Gasteiger partial charge is 0.454 e. The number of pyridine rings is 2. The maximum atomic E-state index is 10.6. The van der Waals surface area contributed by atoms with E-state index in [4.69, 9.17) is 9.15 Å². The van der Waals surface area contributed by atoms with Gasteiger partial charge < -0.3 is 14.3 Å². The van der Waals surface area contributed by atoms with Crippen molar-refractivity contribution in [3.63, 3.8) is 0 Å². The summed E-state index contributed by atoms with van der Waals surface area (Å²) in [5.41, 5.74) is 4.29. The Morgan fingerprint density at radius 3 is 2.64 bits per heavy atom. The number of thioether (sulfide) groups is 1. The Bertz CT molecular complexity index is 1150. The van der Waals surface area contributed by atoms with E-state index in [0.717, 1.165) is 44.1 Å². The van der Waals surface area contributed by atoms with Crippen LogP contribution in [-0.2, 0) is 10.3 Å². The lowest BCUT2D eigenvalue weighted by atomic mass is 9.90. The molecule has 1 aromatic carbocycles. The molecule has 28 heavy (non-hydrogen) atoms. The molecule has 5 rings (SSSR count). The molecule has 0 amide bonds. The van der Waals surface area contributed by atoms with E-state index >= 15 is 0 Å². The SMILES string of the molecule is CSc1ccc(-c2cc3nccc(-c4cccc(C5(O)COC5)c4)c3o2)cn1. The van der Waals surface area contributed by atoms with E-state index in [2.05, 4.69) is 9.97 Å². The van der Waals surface area contributed by atoms with Crippen LogP contribution in [0.25, 0.3) is 33.6 Å². The zero-order valence-electron chi connectivity index (χ0n) is 15.3. The molecule has 4 aromatic rings. The van der Waals surface area contributed by atoms with Crippen LogP contribution < -0.4 is 0 Å². The summed E-state index contributed by atoms with van der Waals surface area (Å²) in [6.45, 7) is 0.651. The lowest BCUT2D eigenvalue weighted by molar-refractivity contribution is -0.184. The average Bonchev–Trinajstić information content (AvgIpc) is 3.16. The molecule has 0 bridgehead atoms. The molecule has 140 valence electrons. The molecule has 0 spiro atoms. The third-order valence-electron chi connectivity index (χ3n) is 5.03. The topological polar surface area (TPSA) is 68.4 Å². The van der Waals surface area contributed by atoms with Crippen LogP contribution in [0, 0.1) is 0 Å². The van der Waals surface area contributed by atoms with Gasteiger partial charge in [-0.15, -0.1) is 11.8 Å². The van der Waals surface area contributed by atoms with Crippen molar-refractivity contribution in [2.24, 2.45) is 0 Å². The summed E-state index contributed by atoms with van der Waals surface area (Å²) < 4.78 is 11.4. The van der Waals surface area contributed by atoms with Crippen LogP contribution in [-0.4, -0.2) is 34.5 Å². The van der Waals surface area contributed by atoms with Gasteiger partial charge in [0.25, 0.3) is 0 Å². The van der Waals surface area contributed by atoms with E-state index in [1.807, 2.05) is 61.0 Å². The molecular weight excluding hydrogens is 372 g/mol. The fraction of sp³-hybridized carbons (Fsp3) is 0.182. The summed E-state index contributed by atoms with van der Waals surface area (Å²) in [5.74, 6) is 0.734. The minimum absolute atomic E-state index is 0.326. The fourth-order valence-corrected chi connectivity index (χ4v) is 3.75. The zero-order valence-corrected chi connectivity index (χ0v) is 16.1. The summed E-state index contributed by atoms with van der Waals surface area (Å²) in [6, 6.07) is 15.7. The number of aromatic nitrogens is 2. The standard InChI is InChI=1S/C22H18N2O3S/c1-28-20-6-5-15(11-24-20)19-10-18-21(27-19)17(7-8-23-18)14-3-2-4-16(9-14)22(25)12-26-13-22/h2-11,25H,12-13H2,1H3. The van der Waals surface area contributed by atoms with Crippen molar-refractivity contribution in [3.05, 3.63) is 66.5 Å². The van der Waals surface area contributed by atoms with Gasteiger partial charge in [-0.1, -0.05) is 18.2 Å². The summed E-state index contributed by atoms with van der Waals surface area (Å²) in [7, 11) is 0. The highest BCUT2D eigenvalue weighted by atomic mass is 32.2. The number of nitrogens with zero attached hydrogens (tertiary/aromatic N) is 2. The molecule has 0 atom stereocenters. The van der Waals surface area contributed by atoms with Crippen molar-refractivity contribution < 1.29 is 14.3 Å². The molecule has 0 saturated carbocycles. The van der Waals surface area contributed by atoms with Crippen LogP contribution in [0.2, 0.25) is 0 Å². The summed E-state index contributed by atoms with van der Waals surface area (Å²) in [5, 5.41) is 11.6. The second kappa shape index (κ2) is 6.74. The third-order valence-corrected chi connectivity index (χ3v) is 5.69. The molecule has 4 heterocycles. The highest BCUT2D eigenvalue weighted by Gasteiger charge is 2.38. The van der Waals surface area contributed by atoms with Gasteiger partial charge in [-0.05, 0) is 41.6 Å². The summed E-state index contributed by atoms with van der Waals surface area (Å²) in [4.78, 5) is 8.88. The molecule has 5 nitrogen and oxygen atoms in total. The van der Waals surface area contributed by atoms with Crippen LogP contribution in [0.15, 0.2) is 70.4 Å². The van der Waals surface area contributed by atoms with Crippen LogP contribution in [0.5, 0.6) is 0 Å². The Hall–Kier alpha value is -2.67. The smallest absolute Gasteiger partial charge is 0.161 e. The highest BCUT2D eigenvalue weighted by Crippen LogP contribution is 2.36. The van der Waals surface area contributed by atoms with Crippen LogP contribution in [0.4, 0.5) is 0 Å². The van der Waals surface area contributed by atoms with Gasteiger partial charge in [0.05, 0.1) is 18.2 Å². The fourth-order valence-electron chi connectivity index (χ4n) is 3.39. The normalized spacial score (nSPS) is 15.5. The first-order valence-corrected chi connectivity index (χ1v) is 10.2. The number of rotatable bonds is 4. The molecule has 0 radical (unpaired) electrons. The van der Waals surface area contributed by atoms with Crippen molar-refractivity contribution in [2.75, 3.05) is 19.5 Å². The Labute approximate surface area is 166 Å². The molecule has 0 unspecified atom stereocenters. The van der Waals surface area contributed by atoms with Crippen molar-refractivity contribution in [1.82, 2.24) is 9.97 Å². The maximum absolute atomic E-state index is 10.6. The second-order valence-electron chi connectivity index (χ2n) is 6.88. The van der Waals surface area contributed by atoms with Crippen molar-refractivity contribution in [2.45, 2.75) is 10.6 Å². The van der Waals surface area contributed by atoms with Gasteiger partial charge in [-0.25, -0.2) is 4.98 Å². The minimum Gasteiger partial charge on any atom is -0.454 e. The molecule has 1 aliphatic heterocycles. The van der Waals surface area contributed by atoms with E-state index in [-0.39, 0.29) is 0 Å². The van der Waals surface area contributed by atoms with Crippen LogP contribution in [0.1, 0.15) is 5.56 Å².